The van der Waals surface area contributed by atoms with Crippen LogP contribution in [0.2, 0.25) is 0 Å². The molecule has 5 rings (SSSR count). The van der Waals surface area contributed by atoms with Crippen molar-refractivity contribution >= 4 is 6.03 Å². The lowest BCUT2D eigenvalue weighted by Crippen LogP contribution is -2.63. The fourth-order valence-corrected chi connectivity index (χ4v) is 6.19. The number of urea groups is 1. The van der Waals surface area contributed by atoms with Gasteiger partial charge in [0.25, 0.3) is 0 Å². The SMILES string of the molecule is COC1CC2C(CC1c1c(C)noc1C)NCC1NC(=O)N([C@H](C)c3ccccn3)C12. The number of rotatable bonds is 4. The van der Waals surface area contributed by atoms with E-state index in [1.54, 1.807) is 13.3 Å². The van der Waals surface area contributed by atoms with Crippen LogP contribution in [0.3, 0.4) is 0 Å². The maximum atomic E-state index is 13.0. The highest BCUT2D eigenvalue weighted by Gasteiger charge is 2.54. The minimum Gasteiger partial charge on any atom is -0.381 e. The number of nitrogens with one attached hydrogen (secondary N) is 2. The summed E-state index contributed by atoms with van der Waals surface area (Å²) in [6.45, 7) is 6.83. The molecule has 2 saturated heterocycles. The minimum absolute atomic E-state index is 0.00239. The van der Waals surface area contributed by atoms with Crippen LogP contribution >= 0.6 is 0 Å². The largest absolute Gasteiger partial charge is 0.381 e. The van der Waals surface area contributed by atoms with Crippen LogP contribution in [0.4, 0.5) is 4.79 Å². The number of carbonyl (C=O) groups is 1. The normalized spacial score (nSPS) is 33.5. The summed E-state index contributed by atoms with van der Waals surface area (Å²) in [5, 5.41) is 11.1. The number of aryl methyl sites for hydroxylation is 2. The van der Waals surface area contributed by atoms with Gasteiger partial charge in [0.1, 0.15) is 5.76 Å². The van der Waals surface area contributed by atoms with E-state index in [-0.39, 0.29) is 36.2 Å². The van der Waals surface area contributed by atoms with E-state index in [1.165, 1.54) is 5.56 Å². The molecule has 7 atom stereocenters. The standard InChI is InChI=1S/C23H31N5O3/c1-12-21(14(3)31-27-12)16-9-18-15(10-20(16)30-4)22-19(11-25-18)26-23(29)28(22)13(2)17-7-5-6-8-24-17/h5-8,13,15-16,18-20,22,25H,9-11H2,1-4H3,(H,26,29)/t13-,15?,16?,18?,19?,20?,22?/m1/s1. The molecule has 8 heteroatoms. The Morgan fingerprint density at radius 1 is 1.26 bits per heavy atom. The van der Waals surface area contributed by atoms with Gasteiger partial charge in [-0.05, 0) is 51.7 Å². The Morgan fingerprint density at radius 2 is 2.10 bits per heavy atom. The minimum atomic E-state index is -0.0868. The molecular weight excluding hydrogens is 394 g/mol. The number of methoxy groups -OCH3 is 1. The first-order chi connectivity index (χ1) is 15.0. The van der Waals surface area contributed by atoms with Gasteiger partial charge in [0, 0.05) is 37.4 Å². The number of ether oxygens (including phenoxy) is 1. The molecule has 2 N–H and O–H groups in total. The first-order valence-electron chi connectivity index (χ1n) is 11.2. The van der Waals surface area contributed by atoms with Gasteiger partial charge in [0.05, 0.1) is 35.6 Å². The summed E-state index contributed by atoms with van der Waals surface area (Å²) in [5.41, 5.74) is 3.04. The van der Waals surface area contributed by atoms with Crippen molar-refractivity contribution in [3.63, 3.8) is 0 Å². The number of piperidine rings is 1. The maximum absolute atomic E-state index is 13.0. The predicted molar refractivity (Wildman–Crippen MR) is 115 cm³/mol. The van der Waals surface area contributed by atoms with Crippen LogP contribution in [0.15, 0.2) is 28.9 Å². The molecule has 0 radical (unpaired) electrons. The van der Waals surface area contributed by atoms with Crippen molar-refractivity contribution in [2.24, 2.45) is 5.92 Å². The zero-order valence-corrected chi connectivity index (χ0v) is 18.5. The lowest BCUT2D eigenvalue weighted by Gasteiger charge is -2.50. The quantitative estimate of drug-likeness (QED) is 0.783. The summed E-state index contributed by atoms with van der Waals surface area (Å²) < 4.78 is 11.5. The molecule has 4 heterocycles. The van der Waals surface area contributed by atoms with E-state index < -0.39 is 0 Å². The molecule has 0 aromatic carbocycles. The predicted octanol–water partition coefficient (Wildman–Crippen LogP) is 2.69. The highest BCUT2D eigenvalue weighted by molar-refractivity contribution is 5.78. The summed E-state index contributed by atoms with van der Waals surface area (Å²) in [5.74, 6) is 1.40. The fraction of sp³-hybridized carbons (Fsp3) is 0.609. The molecule has 3 fully saturated rings. The third kappa shape index (κ3) is 3.32. The number of pyridine rings is 1. The van der Waals surface area contributed by atoms with Crippen LogP contribution in [0.5, 0.6) is 0 Å². The van der Waals surface area contributed by atoms with E-state index in [1.807, 2.05) is 36.9 Å². The molecular formula is C23H31N5O3. The molecule has 2 amide bonds. The van der Waals surface area contributed by atoms with E-state index in [0.717, 1.165) is 36.5 Å². The van der Waals surface area contributed by atoms with Crippen LogP contribution < -0.4 is 10.6 Å². The Labute approximate surface area is 182 Å². The lowest BCUT2D eigenvalue weighted by atomic mass is 9.67. The zero-order chi connectivity index (χ0) is 21.7. The summed E-state index contributed by atoms with van der Waals surface area (Å²) in [4.78, 5) is 19.6. The van der Waals surface area contributed by atoms with Crippen molar-refractivity contribution in [3.8, 4) is 0 Å². The van der Waals surface area contributed by atoms with Gasteiger partial charge in [-0.25, -0.2) is 4.79 Å². The van der Waals surface area contributed by atoms with E-state index >= 15 is 0 Å². The third-order valence-corrected chi connectivity index (χ3v) is 7.59. The smallest absolute Gasteiger partial charge is 0.318 e. The van der Waals surface area contributed by atoms with Gasteiger partial charge in [-0.1, -0.05) is 11.2 Å². The Hall–Kier alpha value is -2.45. The monoisotopic (exact) mass is 425 g/mol. The second kappa shape index (κ2) is 7.91. The average molecular weight is 426 g/mol. The van der Waals surface area contributed by atoms with Crippen LogP contribution in [0.25, 0.3) is 0 Å². The topological polar surface area (TPSA) is 92.5 Å². The number of fused-ring (bicyclic) bond motifs is 3. The van der Waals surface area contributed by atoms with Crippen molar-refractivity contribution in [1.82, 2.24) is 25.7 Å². The van der Waals surface area contributed by atoms with Crippen molar-refractivity contribution < 1.29 is 14.1 Å². The van der Waals surface area contributed by atoms with Crippen LogP contribution in [0.1, 0.15) is 54.4 Å². The molecule has 3 aliphatic rings. The highest BCUT2D eigenvalue weighted by Crippen LogP contribution is 2.45. The van der Waals surface area contributed by atoms with Crippen LogP contribution in [0, 0.1) is 19.8 Å². The Bertz CT molecular complexity index is 928. The van der Waals surface area contributed by atoms with Crippen molar-refractivity contribution in [1.29, 1.82) is 0 Å². The number of aromatic nitrogens is 2. The van der Waals surface area contributed by atoms with Gasteiger partial charge in [-0.15, -0.1) is 0 Å². The van der Waals surface area contributed by atoms with Crippen LogP contribution in [-0.2, 0) is 4.74 Å². The molecule has 8 nitrogen and oxygen atoms in total. The van der Waals surface area contributed by atoms with E-state index in [4.69, 9.17) is 9.26 Å². The number of nitrogens with zero attached hydrogens (tertiary/aromatic N) is 3. The molecule has 2 aromatic heterocycles. The third-order valence-electron chi connectivity index (χ3n) is 7.59. The fourth-order valence-electron chi connectivity index (χ4n) is 6.19. The zero-order valence-electron chi connectivity index (χ0n) is 18.5. The molecule has 1 saturated carbocycles. The van der Waals surface area contributed by atoms with Gasteiger partial charge in [-0.3, -0.25) is 4.98 Å². The maximum Gasteiger partial charge on any atom is 0.318 e. The molecule has 0 bridgehead atoms. The Kier molecular flexibility index (Phi) is 5.22. The highest BCUT2D eigenvalue weighted by atomic mass is 16.5. The summed E-state index contributed by atoms with van der Waals surface area (Å²) in [6.07, 6.45) is 3.67. The van der Waals surface area contributed by atoms with Gasteiger partial charge in [0.15, 0.2) is 0 Å². The first kappa shape index (κ1) is 20.5. The summed E-state index contributed by atoms with van der Waals surface area (Å²) >= 11 is 0. The number of hydrogen-bond donors (Lipinski definition) is 2. The van der Waals surface area contributed by atoms with Gasteiger partial charge < -0.3 is 24.8 Å². The van der Waals surface area contributed by atoms with Crippen molar-refractivity contribution in [3.05, 3.63) is 47.1 Å². The van der Waals surface area contributed by atoms with Crippen LogP contribution in [-0.4, -0.2) is 59.0 Å². The summed E-state index contributed by atoms with van der Waals surface area (Å²) in [7, 11) is 1.79. The molecule has 31 heavy (non-hydrogen) atoms. The van der Waals surface area contributed by atoms with E-state index in [2.05, 4.69) is 27.7 Å². The second-order valence-corrected chi connectivity index (χ2v) is 9.15. The molecule has 2 aliphatic heterocycles. The molecule has 0 spiro atoms. The number of hydrogen-bond acceptors (Lipinski definition) is 6. The summed E-state index contributed by atoms with van der Waals surface area (Å²) in [6, 6.07) is 6.29. The average Bonchev–Trinajstić information content (AvgIpc) is 3.30. The first-order valence-corrected chi connectivity index (χ1v) is 11.2. The van der Waals surface area contributed by atoms with Crippen molar-refractivity contribution in [2.45, 2.75) is 69.8 Å². The second-order valence-electron chi connectivity index (χ2n) is 9.15. The molecule has 6 unspecified atom stereocenters. The molecule has 1 aliphatic carbocycles. The number of amides is 2. The molecule has 2 aromatic rings. The molecule has 166 valence electrons. The van der Waals surface area contributed by atoms with E-state index in [9.17, 15) is 4.79 Å². The van der Waals surface area contributed by atoms with E-state index in [0.29, 0.717) is 12.0 Å². The number of carbonyl (C=O) groups excluding carboxylic acids is 1. The van der Waals surface area contributed by atoms with Gasteiger partial charge in [0.2, 0.25) is 0 Å². The lowest BCUT2D eigenvalue weighted by molar-refractivity contribution is -0.0165. The van der Waals surface area contributed by atoms with Gasteiger partial charge >= 0.3 is 6.03 Å². The van der Waals surface area contributed by atoms with Gasteiger partial charge in [-0.2, -0.15) is 0 Å². The Balaban J connectivity index is 1.45. The Morgan fingerprint density at radius 3 is 2.77 bits per heavy atom. The van der Waals surface area contributed by atoms with Crippen molar-refractivity contribution in [2.75, 3.05) is 13.7 Å².